The second kappa shape index (κ2) is 13.9. The van der Waals surface area contributed by atoms with Crippen LogP contribution in [-0.4, -0.2) is 68.6 Å². The summed E-state index contributed by atoms with van der Waals surface area (Å²) in [5, 5.41) is 10.5. The highest BCUT2D eigenvalue weighted by molar-refractivity contribution is 5.99. The van der Waals surface area contributed by atoms with Crippen LogP contribution in [0.3, 0.4) is 0 Å². The van der Waals surface area contributed by atoms with Gasteiger partial charge in [-0.1, -0.05) is 30.3 Å². The molecule has 0 unspecified atom stereocenters. The summed E-state index contributed by atoms with van der Waals surface area (Å²) in [6.45, 7) is 3.13. The summed E-state index contributed by atoms with van der Waals surface area (Å²) in [4.78, 5) is 50.2. The average Bonchev–Trinajstić information content (AvgIpc) is 3.59. The predicted octanol–water partition coefficient (Wildman–Crippen LogP) is 3.76. The summed E-state index contributed by atoms with van der Waals surface area (Å²) in [6.07, 6.45) is 6.92. The number of carbonyl (C=O) groups is 3. The second-order valence-corrected chi connectivity index (χ2v) is 11.5. The highest BCUT2D eigenvalue weighted by Crippen LogP contribution is 2.28. The molecule has 0 saturated carbocycles. The van der Waals surface area contributed by atoms with E-state index in [4.69, 9.17) is 10.5 Å². The molecule has 0 bridgehead atoms. The van der Waals surface area contributed by atoms with Gasteiger partial charge in [0.15, 0.2) is 11.5 Å². The summed E-state index contributed by atoms with van der Waals surface area (Å²) in [5.74, 6) is -1.83. The van der Waals surface area contributed by atoms with Crippen molar-refractivity contribution in [2.75, 3.05) is 37.2 Å². The number of halogens is 1. The van der Waals surface area contributed by atoms with Gasteiger partial charge < -0.3 is 26.0 Å². The van der Waals surface area contributed by atoms with Crippen LogP contribution in [0.4, 0.5) is 15.9 Å². The Kier molecular flexibility index (Phi) is 9.29. The molecule has 2 amide bonds. The Morgan fingerprint density at radius 3 is 2.41 bits per heavy atom. The van der Waals surface area contributed by atoms with Crippen LogP contribution in [-0.2, 0) is 14.3 Å². The van der Waals surface area contributed by atoms with Gasteiger partial charge in [0.1, 0.15) is 5.82 Å². The molecule has 13 heteroatoms. The lowest BCUT2D eigenvalue weighted by molar-refractivity contribution is -0.137. The van der Waals surface area contributed by atoms with Crippen LogP contribution in [0.25, 0.3) is 11.3 Å². The largest absolute Gasteiger partial charge is 0.442 e. The summed E-state index contributed by atoms with van der Waals surface area (Å²) in [5.41, 5.74) is 7.54. The van der Waals surface area contributed by atoms with Crippen molar-refractivity contribution in [3.05, 3.63) is 90.3 Å². The summed E-state index contributed by atoms with van der Waals surface area (Å²) < 4.78 is 20.9. The van der Waals surface area contributed by atoms with Gasteiger partial charge >= 0.3 is 5.97 Å². The van der Waals surface area contributed by atoms with Crippen molar-refractivity contribution in [2.24, 2.45) is 5.92 Å². The van der Waals surface area contributed by atoms with Crippen LogP contribution in [0.15, 0.2) is 73.2 Å². The molecule has 6 rings (SSSR count). The standard InChI is InChI=1S/C33H35FN8O4/c34-24-6-8-25(9-7-24)39-31(43)29(21-4-2-1-3-5-21)46-33(45)28-30(35)37-19-27(40-28)23-18-38-42(20-23)26-12-16-41(17-13-26)32(44)22-10-14-36-15-11-22/h1-9,18-20,22,26,29,36H,10-17H2,(H2,35,37)(H,39,43)/t29-/m1/s1. The number of nitrogens with two attached hydrogens (primary N) is 1. The number of benzene rings is 2. The number of rotatable bonds is 8. The average molecular weight is 627 g/mol. The molecule has 0 aliphatic carbocycles. The van der Waals surface area contributed by atoms with Crippen LogP contribution >= 0.6 is 0 Å². The number of piperidine rings is 2. The van der Waals surface area contributed by atoms with E-state index >= 15 is 0 Å². The minimum atomic E-state index is -1.35. The molecule has 4 heterocycles. The minimum absolute atomic E-state index is 0.103. The molecule has 2 aromatic heterocycles. The van der Waals surface area contributed by atoms with E-state index in [0.29, 0.717) is 35.6 Å². The number of likely N-dealkylation sites (tertiary alicyclic amines) is 1. The first-order valence-electron chi connectivity index (χ1n) is 15.3. The van der Waals surface area contributed by atoms with Crippen LogP contribution in [0, 0.1) is 11.7 Å². The maximum absolute atomic E-state index is 13.4. The van der Waals surface area contributed by atoms with Gasteiger partial charge in [0.05, 0.1) is 24.1 Å². The molecule has 12 nitrogen and oxygen atoms in total. The third-order valence-corrected chi connectivity index (χ3v) is 8.41. The number of esters is 1. The van der Waals surface area contributed by atoms with E-state index in [1.165, 1.54) is 30.5 Å². The van der Waals surface area contributed by atoms with Gasteiger partial charge in [-0.15, -0.1) is 0 Å². The minimum Gasteiger partial charge on any atom is -0.442 e. The number of carbonyl (C=O) groups excluding carboxylic acids is 3. The lowest BCUT2D eigenvalue weighted by Gasteiger charge is -2.35. The van der Waals surface area contributed by atoms with Crippen LogP contribution in [0.2, 0.25) is 0 Å². The van der Waals surface area contributed by atoms with Gasteiger partial charge in [-0.3, -0.25) is 14.3 Å². The number of hydrogen-bond donors (Lipinski definition) is 3. The highest BCUT2D eigenvalue weighted by atomic mass is 19.1. The molecule has 0 spiro atoms. The summed E-state index contributed by atoms with van der Waals surface area (Å²) >= 11 is 0. The van der Waals surface area contributed by atoms with Gasteiger partial charge in [-0.05, 0) is 63.0 Å². The quantitative estimate of drug-likeness (QED) is 0.248. The lowest BCUT2D eigenvalue weighted by atomic mass is 9.95. The molecule has 2 saturated heterocycles. The second-order valence-electron chi connectivity index (χ2n) is 11.5. The third-order valence-electron chi connectivity index (χ3n) is 8.41. The highest BCUT2D eigenvalue weighted by Gasteiger charge is 2.31. The van der Waals surface area contributed by atoms with E-state index in [9.17, 15) is 18.8 Å². The molecule has 2 aromatic carbocycles. The number of nitrogens with one attached hydrogen (secondary N) is 2. The van der Waals surface area contributed by atoms with E-state index in [1.54, 1.807) is 36.5 Å². The molecule has 1 atom stereocenters. The Bertz CT molecular complexity index is 1680. The number of ether oxygens (including phenoxy) is 1. The van der Waals surface area contributed by atoms with Gasteiger partial charge in [0, 0.05) is 42.0 Å². The number of aromatic nitrogens is 4. The van der Waals surface area contributed by atoms with E-state index in [0.717, 1.165) is 38.8 Å². The fourth-order valence-electron chi connectivity index (χ4n) is 5.84. The van der Waals surface area contributed by atoms with E-state index in [2.05, 4.69) is 25.7 Å². The SMILES string of the molecule is Nc1ncc(-c2cnn(C3CCN(C(=O)C4CCNCC4)CC3)c2)nc1C(=O)O[C@@H](C(=O)Nc1ccc(F)cc1)c1ccccc1. The van der Waals surface area contributed by atoms with Crippen LogP contribution in [0.5, 0.6) is 0 Å². The molecular formula is C33H35FN8O4. The number of hydrogen-bond acceptors (Lipinski definition) is 9. The maximum atomic E-state index is 13.4. The van der Waals surface area contributed by atoms with Crippen molar-refractivity contribution in [3.8, 4) is 11.3 Å². The summed E-state index contributed by atoms with van der Waals surface area (Å²) in [7, 11) is 0. The molecule has 0 radical (unpaired) electrons. The molecule has 4 aromatic rings. The van der Waals surface area contributed by atoms with Crippen LogP contribution in [0.1, 0.15) is 53.9 Å². The third kappa shape index (κ3) is 7.04. The van der Waals surface area contributed by atoms with E-state index < -0.39 is 23.8 Å². The van der Waals surface area contributed by atoms with Gasteiger partial charge in [0.25, 0.3) is 5.91 Å². The Hall–Kier alpha value is -5.17. The zero-order chi connectivity index (χ0) is 32.0. The van der Waals surface area contributed by atoms with Crippen molar-refractivity contribution >= 4 is 29.3 Å². The summed E-state index contributed by atoms with van der Waals surface area (Å²) in [6, 6.07) is 13.8. The van der Waals surface area contributed by atoms with Crippen molar-refractivity contribution in [3.63, 3.8) is 0 Å². The Balaban J connectivity index is 1.14. The molecule has 46 heavy (non-hydrogen) atoms. The first-order valence-corrected chi connectivity index (χ1v) is 15.3. The van der Waals surface area contributed by atoms with Crippen molar-refractivity contribution in [1.82, 2.24) is 30.0 Å². The van der Waals surface area contributed by atoms with Crippen molar-refractivity contribution in [2.45, 2.75) is 37.8 Å². The van der Waals surface area contributed by atoms with Crippen LogP contribution < -0.4 is 16.4 Å². The topological polar surface area (TPSA) is 157 Å². The fraction of sp³-hybridized carbons (Fsp3) is 0.333. The Morgan fingerprint density at radius 1 is 0.978 bits per heavy atom. The smallest absolute Gasteiger partial charge is 0.361 e. The van der Waals surface area contributed by atoms with Gasteiger partial charge in [-0.2, -0.15) is 5.10 Å². The molecule has 2 fully saturated rings. The fourth-order valence-corrected chi connectivity index (χ4v) is 5.84. The molecule has 4 N–H and O–H groups in total. The molecule has 2 aliphatic heterocycles. The first-order chi connectivity index (χ1) is 22.4. The molecule has 2 aliphatic rings. The molecular weight excluding hydrogens is 591 g/mol. The van der Waals surface area contributed by atoms with Crippen molar-refractivity contribution < 1.29 is 23.5 Å². The normalized spacial score (nSPS) is 16.5. The first kappa shape index (κ1) is 30.8. The molecule has 238 valence electrons. The van der Waals surface area contributed by atoms with Crippen molar-refractivity contribution in [1.29, 1.82) is 0 Å². The predicted molar refractivity (Wildman–Crippen MR) is 168 cm³/mol. The zero-order valence-corrected chi connectivity index (χ0v) is 25.1. The number of anilines is 2. The zero-order valence-electron chi connectivity index (χ0n) is 25.1. The number of amides is 2. The number of nitrogen functional groups attached to an aromatic ring is 1. The number of nitrogens with zero attached hydrogens (tertiary/aromatic N) is 5. The lowest BCUT2D eigenvalue weighted by Crippen LogP contribution is -2.44. The van der Waals surface area contributed by atoms with E-state index in [1.807, 2.05) is 15.8 Å². The Labute approximate surface area is 265 Å². The van der Waals surface area contributed by atoms with E-state index in [-0.39, 0.29) is 29.4 Å². The maximum Gasteiger partial charge on any atom is 0.361 e. The monoisotopic (exact) mass is 626 g/mol. The Morgan fingerprint density at radius 2 is 1.70 bits per heavy atom. The van der Waals surface area contributed by atoms with Gasteiger partial charge in [0.2, 0.25) is 12.0 Å². The van der Waals surface area contributed by atoms with Gasteiger partial charge in [-0.25, -0.2) is 19.2 Å².